The third kappa shape index (κ3) is 4.15. The molecule has 0 atom stereocenters. The van der Waals surface area contributed by atoms with Crippen LogP contribution in [0, 0.1) is 6.92 Å². The second-order valence-corrected chi connectivity index (χ2v) is 6.42. The fourth-order valence-corrected chi connectivity index (χ4v) is 2.41. The maximum Gasteiger partial charge on any atom is 0.276 e. The molecule has 0 unspecified atom stereocenters. The Balaban J connectivity index is 2.92. The number of aryl methyl sites for hydroxylation is 1. The Hall–Kier alpha value is -0.780. The number of hydrazone groups is 1. The van der Waals surface area contributed by atoms with Gasteiger partial charge in [-0.3, -0.25) is 0 Å². The van der Waals surface area contributed by atoms with Crippen molar-refractivity contribution in [1.82, 2.24) is 4.83 Å². The maximum absolute atomic E-state index is 11.9. The van der Waals surface area contributed by atoms with Gasteiger partial charge in [-0.15, -0.1) is 0 Å². The first kappa shape index (κ1) is 15.3. The Labute approximate surface area is 117 Å². The molecule has 0 aromatic heterocycles. The van der Waals surface area contributed by atoms with Crippen molar-refractivity contribution < 1.29 is 8.42 Å². The van der Waals surface area contributed by atoms with E-state index in [-0.39, 0.29) is 4.90 Å². The van der Waals surface area contributed by atoms with Crippen LogP contribution < -0.4 is 4.83 Å². The Kier molecular flexibility index (Phi) is 5.44. The fraction of sp³-hybridized carbons (Fsp3) is 0.364. The lowest BCUT2D eigenvalue weighted by Crippen LogP contribution is -2.22. The normalized spacial score (nSPS) is 12.8. The van der Waals surface area contributed by atoms with Crippen molar-refractivity contribution >= 4 is 38.9 Å². The Morgan fingerprint density at radius 1 is 1.33 bits per heavy atom. The summed E-state index contributed by atoms with van der Waals surface area (Å²) in [6, 6.07) is 6.45. The summed E-state index contributed by atoms with van der Waals surface area (Å²) in [4.78, 5) is 1.44. The molecule has 1 aromatic carbocycles. The molecule has 1 aromatic rings. The first-order valence-electron chi connectivity index (χ1n) is 5.30. The Morgan fingerprint density at radius 2 is 1.89 bits per heavy atom. The Bertz CT molecular complexity index is 524. The molecule has 4 nitrogen and oxygen atoms in total. The van der Waals surface area contributed by atoms with Gasteiger partial charge < -0.3 is 0 Å². The number of hydrogen-bond donors (Lipinski definition) is 1. The van der Waals surface area contributed by atoms with Crippen molar-refractivity contribution in [3.63, 3.8) is 0 Å². The summed E-state index contributed by atoms with van der Waals surface area (Å²) < 4.78 is 23.8. The summed E-state index contributed by atoms with van der Waals surface area (Å²) in [6.45, 7) is 3.67. The highest BCUT2D eigenvalue weighted by molar-refractivity contribution is 7.89. The Morgan fingerprint density at radius 3 is 2.33 bits per heavy atom. The van der Waals surface area contributed by atoms with E-state index >= 15 is 0 Å². The molecule has 1 rings (SSSR count). The largest absolute Gasteiger partial charge is 0.276 e. The molecule has 0 saturated carbocycles. The number of rotatable bonds is 5. The van der Waals surface area contributed by atoms with Crippen LogP contribution in [0.3, 0.4) is 0 Å². The summed E-state index contributed by atoms with van der Waals surface area (Å²) in [5.74, 6) is 0. The molecule has 1 N–H and O–H groups in total. The molecule has 100 valence electrons. The highest BCUT2D eigenvalue weighted by atomic mass is 35.5. The topological polar surface area (TPSA) is 58.5 Å². The lowest BCUT2D eigenvalue weighted by atomic mass is 10.2. The zero-order valence-electron chi connectivity index (χ0n) is 10.0. The van der Waals surface area contributed by atoms with Crippen LogP contribution in [0.2, 0.25) is 0 Å². The summed E-state index contributed by atoms with van der Waals surface area (Å²) in [5.41, 5.74) is 1.35. The van der Waals surface area contributed by atoms with Gasteiger partial charge in [0.2, 0.25) is 0 Å². The predicted molar refractivity (Wildman–Crippen MR) is 74.7 cm³/mol. The first-order chi connectivity index (χ1) is 8.36. The molecular weight excluding hydrogens is 295 g/mol. The van der Waals surface area contributed by atoms with Gasteiger partial charge in [0.05, 0.1) is 10.6 Å². The third-order valence-electron chi connectivity index (χ3n) is 2.25. The maximum atomic E-state index is 11.9. The summed E-state index contributed by atoms with van der Waals surface area (Å²) in [7, 11) is -3.67. The number of nitrogens with one attached hydrogen (secondary N) is 1. The van der Waals surface area contributed by atoms with E-state index in [2.05, 4.69) is 9.93 Å². The minimum absolute atomic E-state index is 0.146. The van der Waals surface area contributed by atoms with E-state index in [4.69, 9.17) is 23.2 Å². The average molecular weight is 309 g/mol. The van der Waals surface area contributed by atoms with E-state index in [0.29, 0.717) is 12.1 Å². The minimum Gasteiger partial charge on any atom is -0.200 e. The lowest BCUT2D eigenvalue weighted by molar-refractivity contribution is 0.584. The van der Waals surface area contributed by atoms with E-state index in [1.165, 1.54) is 12.1 Å². The molecule has 0 aliphatic rings. The van der Waals surface area contributed by atoms with E-state index in [1.54, 1.807) is 19.1 Å². The van der Waals surface area contributed by atoms with Crippen LogP contribution in [0.25, 0.3) is 0 Å². The van der Waals surface area contributed by atoms with Gasteiger partial charge in [-0.2, -0.15) is 13.5 Å². The minimum atomic E-state index is -3.67. The molecule has 0 spiro atoms. The van der Waals surface area contributed by atoms with E-state index in [9.17, 15) is 8.42 Å². The van der Waals surface area contributed by atoms with Gasteiger partial charge in [0, 0.05) is 0 Å². The van der Waals surface area contributed by atoms with E-state index < -0.39 is 14.9 Å². The molecule has 0 heterocycles. The third-order valence-corrected chi connectivity index (χ3v) is 3.98. The van der Waals surface area contributed by atoms with Crippen LogP contribution in [0.1, 0.15) is 18.9 Å². The van der Waals surface area contributed by atoms with Gasteiger partial charge >= 0.3 is 0 Å². The number of halogens is 2. The highest BCUT2D eigenvalue weighted by Gasteiger charge is 2.14. The molecule has 18 heavy (non-hydrogen) atoms. The highest BCUT2D eigenvalue weighted by Crippen LogP contribution is 2.11. The van der Waals surface area contributed by atoms with Gasteiger partial charge in [-0.1, -0.05) is 47.8 Å². The number of benzene rings is 1. The van der Waals surface area contributed by atoms with Gasteiger partial charge in [0.25, 0.3) is 10.0 Å². The van der Waals surface area contributed by atoms with Crippen LogP contribution in [0.4, 0.5) is 0 Å². The summed E-state index contributed by atoms with van der Waals surface area (Å²) in [5, 5.41) is 3.73. The monoisotopic (exact) mass is 308 g/mol. The molecule has 0 fully saturated rings. The predicted octanol–water partition coefficient (Wildman–Crippen LogP) is 2.84. The quantitative estimate of drug-likeness (QED) is 0.516. The molecule has 0 aliphatic carbocycles. The lowest BCUT2D eigenvalue weighted by Gasteiger charge is -2.07. The summed E-state index contributed by atoms with van der Waals surface area (Å²) in [6.07, 6.45) is 0.466. The van der Waals surface area contributed by atoms with Crippen LogP contribution in [-0.2, 0) is 10.0 Å². The SMILES string of the molecule is CC/C(=N\NS(=O)(=O)c1ccc(C)cc1)C(Cl)Cl. The molecule has 0 radical (unpaired) electrons. The van der Waals surface area contributed by atoms with Gasteiger partial charge in [0.1, 0.15) is 4.84 Å². The van der Waals surface area contributed by atoms with Crippen LogP contribution in [-0.4, -0.2) is 19.0 Å². The van der Waals surface area contributed by atoms with E-state index in [0.717, 1.165) is 5.56 Å². The number of alkyl halides is 2. The standard InChI is InChI=1S/C11H14Cl2N2O2S/c1-3-10(11(12)13)14-15-18(16,17)9-6-4-8(2)5-7-9/h4-7,11,15H,3H2,1-2H3/b14-10+. The van der Waals surface area contributed by atoms with Crippen molar-refractivity contribution in [2.24, 2.45) is 5.10 Å². The first-order valence-corrected chi connectivity index (χ1v) is 7.65. The second-order valence-electron chi connectivity index (χ2n) is 3.67. The molecule has 0 amide bonds. The van der Waals surface area contributed by atoms with Crippen molar-refractivity contribution in [2.75, 3.05) is 0 Å². The average Bonchev–Trinajstić information content (AvgIpc) is 2.29. The van der Waals surface area contributed by atoms with Gasteiger partial charge in [0.15, 0.2) is 0 Å². The summed E-state index contributed by atoms with van der Waals surface area (Å²) >= 11 is 11.3. The molecule has 0 aliphatic heterocycles. The van der Waals surface area contributed by atoms with Crippen LogP contribution in [0.5, 0.6) is 0 Å². The number of nitrogens with zero attached hydrogens (tertiary/aromatic N) is 1. The van der Waals surface area contributed by atoms with Crippen molar-refractivity contribution in [3.05, 3.63) is 29.8 Å². The van der Waals surface area contributed by atoms with Crippen molar-refractivity contribution in [1.29, 1.82) is 0 Å². The smallest absolute Gasteiger partial charge is 0.200 e. The number of sulfonamides is 1. The zero-order chi connectivity index (χ0) is 13.8. The van der Waals surface area contributed by atoms with Crippen LogP contribution >= 0.6 is 23.2 Å². The number of hydrogen-bond acceptors (Lipinski definition) is 3. The fourth-order valence-electron chi connectivity index (χ4n) is 1.17. The molecular formula is C11H14Cl2N2O2S. The van der Waals surface area contributed by atoms with E-state index in [1.807, 2.05) is 6.92 Å². The molecule has 0 bridgehead atoms. The molecule has 0 saturated heterocycles. The molecule has 7 heteroatoms. The van der Waals surface area contributed by atoms with Gasteiger partial charge in [-0.05, 0) is 25.5 Å². The van der Waals surface area contributed by atoms with Gasteiger partial charge in [-0.25, -0.2) is 4.83 Å². The van der Waals surface area contributed by atoms with Crippen molar-refractivity contribution in [2.45, 2.75) is 30.0 Å². The zero-order valence-corrected chi connectivity index (χ0v) is 12.4. The second kappa shape index (κ2) is 6.41. The van der Waals surface area contributed by atoms with Crippen LogP contribution in [0.15, 0.2) is 34.3 Å². The van der Waals surface area contributed by atoms with Crippen molar-refractivity contribution in [3.8, 4) is 0 Å².